The van der Waals surface area contributed by atoms with Gasteiger partial charge in [0.15, 0.2) is 0 Å². The van der Waals surface area contributed by atoms with Gasteiger partial charge in [-0.15, -0.1) is 0 Å². The Morgan fingerprint density at radius 2 is 1.67 bits per heavy atom. The van der Waals surface area contributed by atoms with Crippen molar-refractivity contribution in [1.82, 2.24) is 0 Å². The minimum Gasteiger partial charge on any atom is -1.00 e. The molecule has 0 saturated carbocycles. The first-order valence-electron chi connectivity index (χ1n) is 8.42. The molecule has 0 radical (unpaired) electrons. The van der Waals surface area contributed by atoms with Crippen LogP contribution in [0.1, 0.15) is 39.0 Å². The largest absolute Gasteiger partial charge is 1.00 e. The zero-order valence-corrected chi connectivity index (χ0v) is 19.0. The Kier molecular flexibility index (Phi) is 10.8. The summed E-state index contributed by atoms with van der Waals surface area (Å²) in [5, 5.41) is 1.69. The molecule has 130 valence electrons. The van der Waals surface area contributed by atoms with Crippen molar-refractivity contribution in [3.63, 3.8) is 0 Å². The summed E-state index contributed by atoms with van der Waals surface area (Å²) in [6, 6.07) is 14.5. The van der Waals surface area contributed by atoms with Crippen LogP contribution < -0.4 is 42.4 Å². The van der Waals surface area contributed by atoms with Crippen LogP contribution in [0.25, 0.3) is 0 Å². The van der Waals surface area contributed by atoms with Gasteiger partial charge >= 0.3 is 142 Å². The minimum atomic E-state index is -1.47. The van der Waals surface area contributed by atoms with Crippen molar-refractivity contribution in [2.24, 2.45) is 0 Å². The molecule has 2 aliphatic rings. The van der Waals surface area contributed by atoms with E-state index in [0.717, 1.165) is 0 Å². The molecule has 0 aromatic heterocycles. The van der Waals surface area contributed by atoms with Gasteiger partial charge in [-0.1, -0.05) is 0 Å². The standard InChI is InChI=1S/C19H25Si.3ClH.Ti/c1-2-3-10-17-11-9-14-19(17)20(15-7-8-16-20)18-12-5-4-6-13-18;;;;/h4-6,9,11-14H,2-3,7-8,10,15-16H2,1H3;3*1H;/q;;;;+3/p-3. The van der Waals surface area contributed by atoms with Crippen molar-refractivity contribution >= 4 is 13.3 Å². The van der Waals surface area contributed by atoms with Crippen molar-refractivity contribution in [2.75, 3.05) is 0 Å². The Bertz CT molecular complexity index is 553. The first-order chi connectivity index (χ1) is 10.2. The number of rotatable bonds is 5. The van der Waals surface area contributed by atoms with Gasteiger partial charge in [-0.25, -0.2) is 0 Å². The summed E-state index contributed by atoms with van der Waals surface area (Å²) in [6.07, 6.45) is 14.1. The van der Waals surface area contributed by atoms with Gasteiger partial charge in [-0.2, -0.15) is 0 Å². The predicted octanol–water partition coefficient (Wildman–Crippen LogP) is -3.92. The quantitative estimate of drug-likeness (QED) is 0.415. The zero-order valence-electron chi connectivity index (χ0n) is 14.2. The SMILES string of the molecule is CCCCC1=CC=C[C]1([Ti+3])[Si]1(c2ccccc2)CCCC1.[Cl-].[Cl-].[Cl-]. The molecule has 1 heterocycles. The monoisotopic (exact) mass is 434 g/mol. The first-order valence-corrected chi connectivity index (χ1v) is 11.6. The van der Waals surface area contributed by atoms with Gasteiger partial charge in [0, 0.05) is 0 Å². The topological polar surface area (TPSA) is 0 Å². The Morgan fingerprint density at radius 1 is 1.04 bits per heavy atom. The molecule has 1 aliphatic heterocycles. The Balaban J connectivity index is 0.00000176. The fourth-order valence-electron chi connectivity index (χ4n) is 4.31. The second kappa shape index (κ2) is 10.6. The molecule has 1 fully saturated rings. The first kappa shape index (κ1) is 24.5. The molecule has 0 bridgehead atoms. The van der Waals surface area contributed by atoms with Crippen molar-refractivity contribution < 1.29 is 57.7 Å². The van der Waals surface area contributed by atoms with Crippen LogP contribution >= 0.6 is 0 Å². The van der Waals surface area contributed by atoms with Gasteiger partial charge in [-0.3, -0.25) is 0 Å². The third kappa shape index (κ3) is 4.25. The average molecular weight is 436 g/mol. The smallest absolute Gasteiger partial charge is 1.00 e. The second-order valence-corrected chi connectivity index (χ2v) is 13.2. The van der Waals surface area contributed by atoms with Crippen LogP contribution in [-0.4, -0.2) is 8.07 Å². The molecular weight excluding hydrogens is 411 g/mol. The van der Waals surface area contributed by atoms with Crippen molar-refractivity contribution in [1.29, 1.82) is 0 Å². The van der Waals surface area contributed by atoms with Gasteiger partial charge in [0.2, 0.25) is 0 Å². The van der Waals surface area contributed by atoms with Gasteiger partial charge in [0.1, 0.15) is 0 Å². The summed E-state index contributed by atoms with van der Waals surface area (Å²) in [7, 11) is -1.47. The number of hydrogen-bond donors (Lipinski definition) is 0. The number of unbranched alkanes of at least 4 members (excludes halogenated alkanes) is 1. The molecule has 1 aromatic carbocycles. The van der Waals surface area contributed by atoms with Gasteiger partial charge in [0.05, 0.1) is 0 Å². The van der Waals surface area contributed by atoms with E-state index in [4.69, 9.17) is 0 Å². The number of benzene rings is 1. The Morgan fingerprint density at radius 3 is 2.25 bits per heavy atom. The molecule has 1 saturated heterocycles. The minimum absolute atomic E-state index is 0. The van der Waals surface area contributed by atoms with Crippen LogP contribution in [-0.2, 0) is 20.4 Å². The molecule has 0 N–H and O–H groups in total. The number of hydrogen-bond acceptors (Lipinski definition) is 0. The van der Waals surface area contributed by atoms with E-state index < -0.39 is 8.07 Å². The molecule has 1 aromatic rings. The Hall–Kier alpha value is 0.501. The molecule has 1 unspecified atom stereocenters. The van der Waals surface area contributed by atoms with Gasteiger partial charge < -0.3 is 37.2 Å². The third-order valence-corrected chi connectivity index (χ3v) is 14.3. The van der Waals surface area contributed by atoms with Crippen LogP contribution in [0.2, 0.25) is 15.4 Å². The summed E-state index contributed by atoms with van der Waals surface area (Å²) in [5.41, 5.74) is 1.72. The van der Waals surface area contributed by atoms with Crippen LogP contribution in [0.5, 0.6) is 0 Å². The molecule has 0 spiro atoms. The fourth-order valence-corrected chi connectivity index (χ4v) is 12.5. The van der Waals surface area contributed by atoms with E-state index in [9.17, 15) is 0 Å². The van der Waals surface area contributed by atoms with Crippen LogP contribution in [0.15, 0.2) is 54.1 Å². The molecule has 3 rings (SSSR count). The number of halogens is 3. The summed E-state index contributed by atoms with van der Waals surface area (Å²) in [4.78, 5) is 0. The van der Waals surface area contributed by atoms with Gasteiger partial charge in [-0.05, 0) is 0 Å². The summed E-state index contributed by atoms with van der Waals surface area (Å²) < 4.78 is 0.361. The Labute approximate surface area is 178 Å². The maximum absolute atomic E-state index is 2.56. The molecule has 1 atom stereocenters. The third-order valence-electron chi connectivity index (χ3n) is 5.49. The van der Waals surface area contributed by atoms with Gasteiger partial charge in [0.25, 0.3) is 0 Å². The molecule has 1 aliphatic carbocycles. The molecule has 5 heteroatoms. The van der Waals surface area contributed by atoms with Crippen molar-refractivity contribution in [3.05, 3.63) is 54.1 Å². The normalized spacial score (nSPS) is 23.7. The van der Waals surface area contributed by atoms with Crippen LogP contribution in [0.4, 0.5) is 0 Å². The fraction of sp³-hybridized carbons (Fsp3) is 0.474. The van der Waals surface area contributed by atoms with Crippen LogP contribution in [0, 0.1) is 0 Å². The second-order valence-electron chi connectivity index (χ2n) is 6.62. The van der Waals surface area contributed by atoms with Crippen LogP contribution in [0.3, 0.4) is 0 Å². The van der Waals surface area contributed by atoms with E-state index >= 15 is 0 Å². The van der Waals surface area contributed by atoms with E-state index in [-0.39, 0.29) is 37.2 Å². The van der Waals surface area contributed by atoms with E-state index in [1.54, 1.807) is 10.8 Å². The summed E-state index contributed by atoms with van der Waals surface area (Å²) >= 11 is 2.56. The van der Waals surface area contributed by atoms with Crippen molar-refractivity contribution in [3.8, 4) is 0 Å². The molecular formula is C19H25Cl3SiTi. The predicted molar refractivity (Wildman–Crippen MR) is 90.1 cm³/mol. The average Bonchev–Trinajstić information content (AvgIpc) is 3.15. The summed E-state index contributed by atoms with van der Waals surface area (Å²) in [6.45, 7) is 2.31. The van der Waals surface area contributed by atoms with E-state index in [1.807, 2.05) is 0 Å². The van der Waals surface area contributed by atoms with E-state index in [2.05, 4.69) is 75.9 Å². The zero-order chi connectivity index (χ0) is 14.8. The number of allylic oxidation sites excluding steroid dienone is 4. The maximum Gasteiger partial charge on any atom is -1.00 e. The van der Waals surface area contributed by atoms with E-state index in [0.29, 0.717) is 3.34 Å². The molecule has 24 heavy (non-hydrogen) atoms. The van der Waals surface area contributed by atoms with Crippen molar-refractivity contribution in [2.45, 2.75) is 54.5 Å². The molecule has 0 amide bonds. The summed E-state index contributed by atoms with van der Waals surface area (Å²) in [5.74, 6) is 0. The van der Waals surface area contributed by atoms with E-state index in [1.165, 1.54) is 44.2 Å². The molecule has 0 nitrogen and oxygen atoms in total. The maximum atomic E-state index is 2.56.